The number of thiazole rings is 1. The maximum atomic E-state index is 12.7. The minimum Gasteiger partial charge on any atom is -0.492 e. The molecule has 0 bridgehead atoms. The number of benzene rings is 1. The van der Waals surface area contributed by atoms with E-state index >= 15 is 0 Å². The Morgan fingerprint density at radius 2 is 2.00 bits per heavy atom. The van der Waals surface area contributed by atoms with Gasteiger partial charge in [-0.3, -0.25) is 4.99 Å². The summed E-state index contributed by atoms with van der Waals surface area (Å²) in [6.07, 6.45) is -3.59. The Hall–Kier alpha value is -1.56. The van der Waals surface area contributed by atoms with Gasteiger partial charge in [0.25, 0.3) is 0 Å². The van der Waals surface area contributed by atoms with E-state index in [9.17, 15) is 13.2 Å². The number of aliphatic imine (C=N–C) groups is 1. The summed E-state index contributed by atoms with van der Waals surface area (Å²) in [6, 6.07) is 4.83. The normalized spacial score (nSPS) is 11.7. The lowest BCUT2D eigenvalue weighted by Gasteiger charge is -2.13. The molecule has 150 valence electrons. The van der Waals surface area contributed by atoms with E-state index in [1.165, 1.54) is 12.1 Å². The van der Waals surface area contributed by atoms with Crippen LogP contribution in [0, 0.1) is 6.92 Å². The van der Waals surface area contributed by atoms with Crippen LogP contribution in [0.15, 0.2) is 34.6 Å². The van der Waals surface area contributed by atoms with Crippen molar-refractivity contribution in [2.75, 3.05) is 26.7 Å². The van der Waals surface area contributed by atoms with Gasteiger partial charge in [-0.15, -0.1) is 35.3 Å². The molecule has 2 rings (SSSR count). The Morgan fingerprint density at radius 1 is 1.26 bits per heavy atom. The number of rotatable bonds is 7. The van der Waals surface area contributed by atoms with Crippen LogP contribution < -0.4 is 15.4 Å². The Kier molecular flexibility index (Phi) is 9.84. The summed E-state index contributed by atoms with van der Waals surface area (Å²) in [4.78, 5) is 8.47. The van der Waals surface area contributed by atoms with Gasteiger partial charge in [0.1, 0.15) is 12.4 Å². The molecule has 0 aliphatic rings. The predicted molar refractivity (Wildman–Crippen MR) is 112 cm³/mol. The third kappa shape index (κ3) is 8.33. The van der Waals surface area contributed by atoms with Gasteiger partial charge in [0, 0.05) is 25.4 Å². The van der Waals surface area contributed by atoms with Gasteiger partial charge in [-0.2, -0.15) is 13.2 Å². The van der Waals surface area contributed by atoms with Crippen LogP contribution >= 0.6 is 35.3 Å². The fourth-order valence-corrected chi connectivity index (χ4v) is 2.80. The highest BCUT2D eigenvalue weighted by atomic mass is 127. The van der Waals surface area contributed by atoms with Gasteiger partial charge < -0.3 is 15.4 Å². The number of nitrogens with zero attached hydrogens (tertiary/aromatic N) is 2. The van der Waals surface area contributed by atoms with E-state index in [0.29, 0.717) is 19.0 Å². The molecule has 0 amide bonds. The molecule has 0 spiro atoms. The molecule has 0 saturated heterocycles. The van der Waals surface area contributed by atoms with Crippen LogP contribution in [0.5, 0.6) is 5.75 Å². The molecule has 10 heteroatoms. The number of aromatic nitrogens is 1. The first-order valence-corrected chi connectivity index (χ1v) is 8.92. The molecule has 2 N–H and O–H groups in total. The molecule has 5 nitrogen and oxygen atoms in total. The fourth-order valence-electron chi connectivity index (χ4n) is 2.15. The summed E-state index contributed by atoms with van der Waals surface area (Å²) in [5.74, 6) is 0.785. The number of hydrogen-bond donors (Lipinski definition) is 2. The Bertz CT molecular complexity index is 737. The summed E-state index contributed by atoms with van der Waals surface area (Å²) < 4.78 is 43.3. The van der Waals surface area contributed by atoms with Crippen molar-refractivity contribution in [2.24, 2.45) is 4.99 Å². The van der Waals surface area contributed by atoms with Crippen LogP contribution in [0.4, 0.5) is 13.2 Å². The lowest BCUT2D eigenvalue weighted by Crippen LogP contribution is -2.40. The van der Waals surface area contributed by atoms with Gasteiger partial charge in [-0.1, -0.05) is 6.07 Å². The van der Waals surface area contributed by atoms with Crippen molar-refractivity contribution >= 4 is 41.3 Å². The largest absolute Gasteiger partial charge is 0.492 e. The number of halogens is 4. The molecule has 0 saturated carbocycles. The number of nitrogens with one attached hydrogen (secondary N) is 2. The van der Waals surface area contributed by atoms with E-state index in [2.05, 4.69) is 20.6 Å². The van der Waals surface area contributed by atoms with E-state index in [1.54, 1.807) is 18.4 Å². The average molecular weight is 514 g/mol. The third-order valence-electron chi connectivity index (χ3n) is 3.39. The monoisotopic (exact) mass is 514 g/mol. The van der Waals surface area contributed by atoms with Crippen molar-refractivity contribution in [1.82, 2.24) is 15.6 Å². The molecule has 0 unspecified atom stereocenters. The van der Waals surface area contributed by atoms with Crippen LogP contribution in [0.3, 0.4) is 0 Å². The molecular formula is C17H22F3IN4OS. The molecule has 0 fully saturated rings. The number of guanidine groups is 1. The zero-order chi connectivity index (χ0) is 19.0. The molecule has 0 radical (unpaired) electrons. The van der Waals surface area contributed by atoms with E-state index in [1.807, 2.05) is 12.3 Å². The van der Waals surface area contributed by atoms with E-state index in [0.717, 1.165) is 29.3 Å². The van der Waals surface area contributed by atoms with E-state index in [4.69, 9.17) is 4.74 Å². The van der Waals surface area contributed by atoms with Gasteiger partial charge in [0.2, 0.25) is 0 Å². The van der Waals surface area contributed by atoms with Gasteiger partial charge in [0.15, 0.2) is 5.96 Å². The maximum absolute atomic E-state index is 12.7. The summed E-state index contributed by atoms with van der Waals surface area (Å²) in [6.45, 7) is 3.27. The second-order valence-electron chi connectivity index (χ2n) is 5.41. The molecule has 1 aromatic carbocycles. The van der Waals surface area contributed by atoms with Crippen LogP contribution in [-0.4, -0.2) is 37.7 Å². The van der Waals surface area contributed by atoms with Crippen molar-refractivity contribution in [3.05, 3.63) is 45.9 Å². The van der Waals surface area contributed by atoms with E-state index < -0.39 is 11.7 Å². The second-order valence-corrected chi connectivity index (χ2v) is 6.47. The lowest BCUT2D eigenvalue weighted by atomic mass is 10.2. The van der Waals surface area contributed by atoms with Crippen LogP contribution in [0.2, 0.25) is 0 Å². The number of alkyl halides is 3. The summed E-state index contributed by atoms with van der Waals surface area (Å²) in [5.41, 5.74) is 0.307. The van der Waals surface area contributed by atoms with Crippen LogP contribution in [0.25, 0.3) is 0 Å². The van der Waals surface area contributed by atoms with Crippen molar-refractivity contribution in [1.29, 1.82) is 0 Å². The SMILES string of the molecule is CN=C(NCCOc1cccc(C(F)(F)F)c1)NCCc1csc(C)n1.I. The highest BCUT2D eigenvalue weighted by Gasteiger charge is 2.30. The van der Waals surface area contributed by atoms with Gasteiger partial charge in [-0.25, -0.2) is 4.98 Å². The summed E-state index contributed by atoms with van der Waals surface area (Å²) in [7, 11) is 1.65. The zero-order valence-electron chi connectivity index (χ0n) is 15.0. The first-order valence-electron chi connectivity index (χ1n) is 8.04. The first kappa shape index (κ1) is 23.5. The van der Waals surface area contributed by atoms with Gasteiger partial charge >= 0.3 is 6.18 Å². The topological polar surface area (TPSA) is 58.5 Å². The van der Waals surface area contributed by atoms with E-state index in [-0.39, 0.29) is 36.3 Å². The van der Waals surface area contributed by atoms with Crippen molar-refractivity contribution in [3.8, 4) is 5.75 Å². The Balaban J connectivity index is 0.00000364. The van der Waals surface area contributed by atoms with Crippen molar-refractivity contribution < 1.29 is 17.9 Å². The van der Waals surface area contributed by atoms with Crippen molar-refractivity contribution in [2.45, 2.75) is 19.5 Å². The zero-order valence-corrected chi connectivity index (χ0v) is 18.1. The number of aryl methyl sites for hydroxylation is 1. The fraction of sp³-hybridized carbons (Fsp3) is 0.412. The molecule has 2 aromatic rings. The minimum absolute atomic E-state index is 0. The third-order valence-corrected chi connectivity index (χ3v) is 4.21. The highest BCUT2D eigenvalue weighted by Crippen LogP contribution is 2.31. The number of ether oxygens (including phenoxy) is 1. The molecule has 1 aromatic heterocycles. The molecule has 0 aliphatic carbocycles. The number of hydrogen-bond acceptors (Lipinski definition) is 4. The Morgan fingerprint density at radius 3 is 2.63 bits per heavy atom. The minimum atomic E-state index is -4.38. The van der Waals surface area contributed by atoms with Crippen molar-refractivity contribution in [3.63, 3.8) is 0 Å². The van der Waals surface area contributed by atoms with Gasteiger partial charge in [0.05, 0.1) is 22.8 Å². The lowest BCUT2D eigenvalue weighted by molar-refractivity contribution is -0.137. The standard InChI is InChI=1S/C17H21F3N4OS.HI/c1-12-24-14(11-26-12)6-7-22-16(21-2)23-8-9-25-15-5-3-4-13(10-15)17(18,19)20;/h3-5,10-11H,6-9H2,1-2H3,(H2,21,22,23);1H. The average Bonchev–Trinajstić information content (AvgIpc) is 3.02. The molecule has 0 aliphatic heterocycles. The quantitative estimate of drug-likeness (QED) is 0.255. The summed E-state index contributed by atoms with van der Waals surface area (Å²) in [5, 5.41) is 9.26. The maximum Gasteiger partial charge on any atom is 0.416 e. The first-order chi connectivity index (χ1) is 12.4. The Labute approximate surface area is 177 Å². The second kappa shape index (κ2) is 11.3. The van der Waals surface area contributed by atoms with Crippen LogP contribution in [-0.2, 0) is 12.6 Å². The van der Waals surface area contributed by atoms with Gasteiger partial charge in [-0.05, 0) is 25.1 Å². The molecule has 0 atom stereocenters. The smallest absolute Gasteiger partial charge is 0.416 e. The molecule has 27 heavy (non-hydrogen) atoms. The van der Waals surface area contributed by atoms with Crippen LogP contribution in [0.1, 0.15) is 16.3 Å². The highest BCUT2D eigenvalue weighted by molar-refractivity contribution is 14.0. The summed E-state index contributed by atoms with van der Waals surface area (Å²) >= 11 is 1.61. The molecule has 1 heterocycles. The predicted octanol–water partition coefficient (Wildman–Crippen LogP) is 3.87. The molecular weight excluding hydrogens is 492 g/mol.